The fraction of sp³-hybridized carbons (Fsp3) is 0.381. The number of para-hydroxylation sites is 1. The second kappa shape index (κ2) is 9.15. The molecule has 6 heteroatoms. The molecule has 5 nitrogen and oxygen atoms in total. The van der Waals surface area contributed by atoms with Crippen molar-refractivity contribution in [1.29, 1.82) is 0 Å². The summed E-state index contributed by atoms with van der Waals surface area (Å²) >= 11 is 0. The van der Waals surface area contributed by atoms with E-state index in [-0.39, 0.29) is 22.6 Å². The Morgan fingerprint density at radius 1 is 0.889 bits per heavy atom. The number of rotatable bonds is 8. The van der Waals surface area contributed by atoms with Crippen molar-refractivity contribution in [2.75, 3.05) is 18.4 Å². The van der Waals surface area contributed by atoms with Gasteiger partial charge in [0.05, 0.1) is 4.90 Å². The third kappa shape index (κ3) is 5.91. The Hall–Kier alpha value is -2.18. The van der Waals surface area contributed by atoms with E-state index < -0.39 is 10.0 Å². The summed E-state index contributed by atoms with van der Waals surface area (Å²) in [6.07, 6.45) is 0. The largest absolute Gasteiger partial charge is 0.322 e. The lowest BCUT2D eigenvalue weighted by molar-refractivity contribution is 0.102. The molecular formula is C21H28N2O3S. The Labute approximate surface area is 162 Å². The van der Waals surface area contributed by atoms with Crippen LogP contribution in [0.5, 0.6) is 0 Å². The predicted octanol–water partition coefficient (Wildman–Crippen LogP) is 4.24. The first kappa shape index (κ1) is 21.1. The SMILES string of the molecule is CC(C)CN(CC(C)C)S(=O)(=O)c1ccc(C(=O)Nc2ccccc2)cc1. The Morgan fingerprint density at radius 3 is 1.89 bits per heavy atom. The molecule has 2 aromatic rings. The van der Waals surface area contributed by atoms with Crippen LogP contribution in [0.1, 0.15) is 38.1 Å². The fourth-order valence-corrected chi connectivity index (χ4v) is 4.50. The van der Waals surface area contributed by atoms with Gasteiger partial charge in [-0.15, -0.1) is 0 Å². The first-order valence-corrected chi connectivity index (χ1v) is 10.6. The molecule has 0 atom stereocenters. The number of carbonyl (C=O) groups excluding carboxylic acids is 1. The van der Waals surface area contributed by atoms with Crippen LogP contribution in [0.4, 0.5) is 5.69 Å². The zero-order chi connectivity index (χ0) is 20.0. The molecule has 2 aromatic carbocycles. The normalized spacial score (nSPS) is 12.0. The van der Waals surface area contributed by atoms with Gasteiger partial charge in [0, 0.05) is 24.3 Å². The number of amides is 1. The van der Waals surface area contributed by atoms with Crippen LogP contribution in [-0.2, 0) is 10.0 Å². The zero-order valence-electron chi connectivity index (χ0n) is 16.3. The van der Waals surface area contributed by atoms with Gasteiger partial charge in [0.25, 0.3) is 5.91 Å². The third-order valence-corrected chi connectivity index (χ3v) is 5.77. The van der Waals surface area contributed by atoms with Crippen molar-refractivity contribution < 1.29 is 13.2 Å². The molecule has 0 unspecified atom stereocenters. The van der Waals surface area contributed by atoms with Crippen LogP contribution < -0.4 is 5.32 Å². The molecule has 1 N–H and O–H groups in total. The summed E-state index contributed by atoms with van der Waals surface area (Å²) in [5.41, 5.74) is 1.11. The van der Waals surface area contributed by atoms with Crippen LogP contribution in [0.15, 0.2) is 59.5 Å². The zero-order valence-corrected chi connectivity index (χ0v) is 17.2. The van der Waals surface area contributed by atoms with E-state index in [2.05, 4.69) is 5.32 Å². The highest BCUT2D eigenvalue weighted by molar-refractivity contribution is 7.89. The van der Waals surface area contributed by atoms with E-state index in [1.165, 1.54) is 16.4 Å². The minimum absolute atomic E-state index is 0.208. The lowest BCUT2D eigenvalue weighted by Crippen LogP contribution is -2.37. The first-order valence-electron chi connectivity index (χ1n) is 9.16. The van der Waals surface area contributed by atoms with Gasteiger partial charge < -0.3 is 5.32 Å². The maximum atomic E-state index is 13.0. The second-order valence-corrected chi connectivity index (χ2v) is 9.39. The molecule has 0 aliphatic rings. The molecule has 0 bridgehead atoms. The van der Waals surface area contributed by atoms with Gasteiger partial charge in [-0.1, -0.05) is 45.9 Å². The summed E-state index contributed by atoms with van der Waals surface area (Å²) < 4.78 is 27.5. The van der Waals surface area contributed by atoms with Gasteiger partial charge in [0.15, 0.2) is 0 Å². The summed E-state index contributed by atoms with van der Waals surface area (Å²) in [6.45, 7) is 8.94. The molecule has 0 saturated carbocycles. The third-order valence-electron chi connectivity index (χ3n) is 3.92. The Morgan fingerprint density at radius 2 is 1.41 bits per heavy atom. The van der Waals surface area contributed by atoms with Gasteiger partial charge in [0.2, 0.25) is 10.0 Å². The highest BCUT2D eigenvalue weighted by Crippen LogP contribution is 2.20. The molecule has 27 heavy (non-hydrogen) atoms. The lowest BCUT2D eigenvalue weighted by Gasteiger charge is -2.25. The molecule has 2 rings (SSSR count). The van der Waals surface area contributed by atoms with Crippen LogP contribution >= 0.6 is 0 Å². The summed E-state index contributed by atoms with van der Waals surface area (Å²) in [5.74, 6) is 0.190. The minimum atomic E-state index is -3.59. The first-order chi connectivity index (χ1) is 12.7. The molecule has 146 valence electrons. The van der Waals surface area contributed by atoms with Gasteiger partial charge in [-0.3, -0.25) is 4.79 Å². The molecule has 0 heterocycles. The predicted molar refractivity (Wildman–Crippen MR) is 109 cm³/mol. The average Bonchev–Trinajstić information content (AvgIpc) is 2.61. The van der Waals surface area contributed by atoms with Crippen molar-refractivity contribution >= 4 is 21.6 Å². The van der Waals surface area contributed by atoms with Gasteiger partial charge >= 0.3 is 0 Å². The number of benzene rings is 2. The quantitative estimate of drug-likeness (QED) is 0.735. The van der Waals surface area contributed by atoms with E-state index in [1.54, 1.807) is 24.3 Å². The number of hydrogen-bond acceptors (Lipinski definition) is 3. The number of sulfonamides is 1. The van der Waals surface area contributed by atoms with Crippen LogP contribution in [0.3, 0.4) is 0 Å². The topological polar surface area (TPSA) is 66.5 Å². The molecular weight excluding hydrogens is 360 g/mol. The smallest absolute Gasteiger partial charge is 0.255 e. The molecule has 0 spiro atoms. The molecule has 1 amide bonds. The van der Waals surface area contributed by atoms with Crippen molar-refractivity contribution in [2.24, 2.45) is 11.8 Å². The van der Waals surface area contributed by atoms with E-state index >= 15 is 0 Å². The van der Waals surface area contributed by atoms with Crippen LogP contribution in [0.25, 0.3) is 0 Å². The van der Waals surface area contributed by atoms with E-state index in [0.717, 1.165) is 0 Å². The number of nitrogens with zero attached hydrogens (tertiary/aromatic N) is 1. The van der Waals surface area contributed by atoms with Crippen molar-refractivity contribution in [2.45, 2.75) is 32.6 Å². The molecule has 0 aliphatic heterocycles. The van der Waals surface area contributed by atoms with Crippen molar-refractivity contribution in [3.8, 4) is 0 Å². The number of hydrogen-bond donors (Lipinski definition) is 1. The lowest BCUT2D eigenvalue weighted by atomic mass is 10.2. The molecule has 0 aliphatic carbocycles. The van der Waals surface area contributed by atoms with E-state index in [1.807, 2.05) is 45.9 Å². The molecule has 0 radical (unpaired) electrons. The second-order valence-electron chi connectivity index (χ2n) is 7.45. The van der Waals surface area contributed by atoms with Crippen LogP contribution in [-0.4, -0.2) is 31.7 Å². The van der Waals surface area contributed by atoms with E-state index in [4.69, 9.17) is 0 Å². The summed E-state index contributed by atoms with van der Waals surface area (Å²) in [6, 6.07) is 15.2. The number of nitrogens with one attached hydrogen (secondary N) is 1. The number of carbonyl (C=O) groups is 1. The highest BCUT2D eigenvalue weighted by Gasteiger charge is 2.26. The Bertz CT molecular complexity index is 835. The minimum Gasteiger partial charge on any atom is -0.322 e. The maximum absolute atomic E-state index is 13.0. The molecule has 0 saturated heterocycles. The van der Waals surface area contributed by atoms with Gasteiger partial charge in [-0.05, 0) is 48.2 Å². The van der Waals surface area contributed by atoms with Gasteiger partial charge in [0.1, 0.15) is 0 Å². The van der Waals surface area contributed by atoms with Gasteiger partial charge in [-0.2, -0.15) is 4.31 Å². The van der Waals surface area contributed by atoms with Gasteiger partial charge in [-0.25, -0.2) is 8.42 Å². The summed E-state index contributed by atoms with van der Waals surface area (Å²) in [4.78, 5) is 12.5. The summed E-state index contributed by atoms with van der Waals surface area (Å²) in [5, 5.41) is 2.79. The molecule has 0 aromatic heterocycles. The van der Waals surface area contributed by atoms with Crippen molar-refractivity contribution in [3.63, 3.8) is 0 Å². The molecule has 0 fully saturated rings. The van der Waals surface area contributed by atoms with E-state index in [0.29, 0.717) is 24.3 Å². The Balaban J connectivity index is 2.19. The highest BCUT2D eigenvalue weighted by atomic mass is 32.2. The van der Waals surface area contributed by atoms with Crippen molar-refractivity contribution in [3.05, 3.63) is 60.2 Å². The number of anilines is 1. The monoisotopic (exact) mass is 388 g/mol. The fourth-order valence-electron chi connectivity index (χ4n) is 2.74. The average molecular weight is 389 g/mol. The van der Waals surface area contributed by atoms with E-state index in [9.17, 15) is 13.2 Å². The standard InChI is InChI=1S/C21H28N2O3S/c1-16(2)14-23(15-17(3)4)27(25,26)20-12-10-18(11-13-20)21(24)22-19-8-6-5-7-9-19/h5-13,16-17H,14-15H2,1-4H3,(H,22,24). The maximum Gasteiger partial charge on any atom is 0.255 e. The van der Waals surface area contributed by atoms with Crippen LogP contribution in [0, 0.1) is 11.8 Å². The van der Waals surface area contributed by atoms with Crippen LogP contribution in [0.2, 0.25) is 0 Å². The Kier molecular flexibility index (Phi) is 7.16. The van der Waals surface area contributed by atoms with Crippen molar-refractivity contribution in [1.82, 2.24) is 4.31 Å². The summed E-state index contributed by atoms with van der Waals surface area (Å²) in [7, 11) is -3.59.